The Hall–Kier alpha value is -3.43. The molecule has 0 spiro atoms. The van der Waals surface area contributed by atoms with E-state index in [0.717, 1.165) is 35.8 Å². The second-order valence-corrected chi connectivity index (χ2v) is 9.88. The summed E-state index contributed by atoms with van der Waals surface area (Å²) in [6.45, 7) is 6.83. The van der Waals surface area contributed by atoms with Crippen molar-refractivity contribution in [2.75, 3.05) is 0 Å². The molecule has 3 aromatic rings. The highest BCUT2D eigenvalue weighted by atomic mass is 16.1. The predicted molar refractivity (Wildman–Crippen MR) is 143 cm³/mol. The zero-order valence-electron chi connectivity index (χ0n) is 20.9. The SMILES string of the molecule is CCCCC(c1cc(C#N)cc2[nH]c(=O)c(-c3cccc(C(=N)N)c3)cc12)N1C(C)CCCC1C. The van der Waals surface area contributed by atoms with Crippen LogP contribution in [0, 0.1) is 16.7 Å². The van der Waals surface area contributed by atoms with E-state index in [0.29, 0.717) is 34.3 Å². The average Bonchev–Trinajstić information content (AvgIpc) is 2.84. The van der Waals surface area contributed by atoms with Crippen LogP contribution in [0.2, 0.25) is 0 Å². The van der Waals surface area contributed by atoms with Crippen molar-refractivity contribution in [3.63, 3.8) is 0 Å². The molecule has 4 N–H and O–H groups in total. The number of amidine groups is 1. The fourth-order valence-corrected chi connectivity index (χ4v) is 5.67. The van der Waals surface area contributed by atoms with Gasteiger partial charge in [-0.3, -0.25) is 15.1 Å². The summed E-state index contributed by atoms with van der Waals surface area (Å²) in [5.74, 6) is -0.0314. The lowest BCUT2D eigenvalue weighted by Gasteiger charge is -2.45. The molecule has 0 radical (unpaired) electrons. The number of likely N-dealkylation sites (tertiary alicyclic amines) is 1. The maximum Gasteiger partial charge on any atom is 0.256 e. The molecule has 0 saturated carbocycles. The van der Waals surface area contributed by atoms with E-state index in [-0.39, 0.29) is 17.4 Å². The first kappa shape index (κ1) is 24.7. The third-order valence-corrected chi connectivity index (χ3v) is 7.42. The molecule has 1 aromatic heterocycles. The first-order valence-corrected chi connectivity index (χ1v) is 12.7. The van der Waals surface area contributed by atoms with Crippen LogP contribution in [-0.4, -0.2) is 27.8 Å². The lowest BCUT2D eigenvalue weighted by Crippen LogP contribution is -2.46. The number of rotatable bonds is 7. The van der Waals surface area contributed by atoms with Gasteiger partial charge < -0.3 is 10.7 Å². The lowest BCUT2D eigenvalue weighted by molar-refractivity contribution is 0.0496. The first-order chi connectivity index (χ1) is 16.8. The molecule has 1 aliphatic heterocycles. The Morgan fingerprint density at radius 2 is 1.97 bits per heavy atom. The Balaban J connectivity index is 1.95. The number of nitrogens with zero attached hydrogens (tertiary/aromatic N) is 2. The Bertz CT molecular complexity index is 1330. The summed E-state index contributed by atoms with van der Waals surface area (Å²) in [5, 5.41) is 18.5. The summed E-state index contributed by atoms with van der Waals surface area (Å²) in [6, 6.07) is 16.4. The second-order valence-electron chi connectivity index (χ2n) is 9.88. The fourth-order valence-electron chi connectivity index (χ4n) is 5.67. The molecule has 3 atom stereocenters. The van der Waals surface area contributed by atoms with Crippen molar-refractivity contribution < 1.29 is 0 Å². The Morgan fingerprint density at radius 3 is 2.63 bits per heavy atom. The van der Waals surface area contributed by atoms with Gasteiger partial charge in [-0.15, -0.1) is 0 Å². The summed E-state index contributed by atoms with van der Waals surface area (Å²) >= 11 is 0. The van der Waals surface area contributed by atoms with Crippen LogP contribution in [-0.2, 0) is 0 Å². The van der Waals surface area contributed by atoms with E-state index in [4.69, 9.17) is 11.1 Å². The number of unbranched alkanes of at least 4 members (excludes halogenated alkanes) is 1. The number of piperidine rings is 1. The maximum atomic E-state index is 13.1. The van der Waals surface area contributed by atoms with Gasteiger partial charge >= 0.3 is 0 Å². The van der Waals surface area contributed by atoms with E-state index in [1.807, 2.05) is 24.3 Å². The number of hydrogen-bond acceptors (Lipinski definition) is 4. The molecule has 1 fully saturated rings. The molecule has 35 heavy (non-hydrogen) atoms. The normalized spacial score (nSPS) is 19.4. The van der Waals surface area contributed by atoms with Crippen molar-refractivity contribution >= 4 is 16.7 Å². The Morgan fingerprint density at radius 1 is 1.23 bits per heavy atom. The van der Waals surface area contributed by atoms with Crippen molar-refractivity contribution in [1.82, 2.24) is 9.88 Å². The number of nitrogens with two attached hydrogens (primary N) is 1. The number of benzene rings is 2. The minimum absolute atomic E-state index is 0.0314. The summed E-state index contributed by atoms with van der Waals surface area (Å²) in [5.41, 5.74) is 9.69. The van der Waals surface area contributed by atoms with Gasteiger partial charge in [0.2, 0.25) is 0 Å². The van der Waals surface area contributed by atoms with Crippen LogP contribution in [0.5, 0.6) is 0 Å². The number of nitriles is 1. The molecule has 3 unspecified atom stereocenters. The van der Waals surface area contributed by atoms with E-state index >= 15 is 0 Å². The average molecular weight is 470 g/mol. The van der Waals surface area contributed by atoms with E-state index in [1.54, 1.807) is 18.2 Å². The Kier molecular flexibility index (Phi) is 7.37. The number of nitrogen functional groups attached to an aromatic ring is 1. The van der Waals surface area contributed by atoms with Crippen molar-refractivity contribution in [2.24, 2.45) is 5.73 Å². The van der Waals surface area contributed by atoms with Crippen LogP contribution in [0.15, 0.2) is 47.3 Å². The van der Waals surface area contributed by atoms with Gasteiger partial charge in [0.05, 0.1) is 11.6 Å². The third-order valence-electron chi connectivity index (χ3n) is 7.42. The van der Waals surface area contributed by atoms with Gasteiger partial charge in [0.25, 0.3) is 5.56 Å². The number of H-pyrrole nitrogens is 1. The Labute approximate surface area is 207 Å². The molecule has 2 heterocycles. The van der Waals surface area contributed by atoms with Crippen LogP contribution in [0.25, 0.3) is 22.0 Å². The highest BCUT2D eigenvalue weighted by Gasteiger charge is 2.33. The summed E-state index contributed by atoms with van der Waals surface area (Å²) in [7, 11) is 0. The van der Waals surface area contributed by atoms with Gasteiger partial charge in [0.15, 0.2) is 0 Å². The van der Waals surface area contributed by atoms with Crippen LogP contribution in [0.1, 0.15) is 82.0 Å². The monoisotopic (exact) mass is 469 g/mol. The van der Waals surface area contributed by atoms with Gasteiger partial charge in [-0.25, -0.2) is 0 Å². The van der Waals surface area contributed by atoms with Gasteiger partial charge in [-0.1, -0.05) is 44.4 Å². The molecule has 2 aromatic carbocycles. The molecule has 1 aliphatic rings. The molecule has 0 aliphatic carbocycles. The zero-order valence-corrected chi connectivity index (χ0v) is 20.9. The number of pyridine rings is 1. The van der Waals surface area contributed by atoms with Crippen molar-refractivity contribution in [2.45, 2.75) is 77.4 Å². The molecule has 0 amide bonds. The van der Waals surface area contributed by atoms with Crippen molar-refractivity contribution in [3.8, 4) is 17.2 Å². The number of nitrogens with one attached hydrogen (secondary N) is 2. The third kappa shape index (κ3) is 5.01. The highest BCUT2D eigenvalue weighted by molar-refractivity contribution is 5.96. The van der Waals surface area contributed by atoms with Crippen LogP contribution in [0.3, 0.4) is 0 Å². The topological polar surface area (TPSA) is 110 Å². The van der Waals surface area contributed by atoms with Gasteiger partial charge in [0, 0.05) is 40.2 Å². The summed E-state index contributed by atoms with van der Waals surface area (Å²) in [6.07, 6.45) is 6.77. The van der Waals surface area contributed by atoms with E-state index in [2.05, 4.69) is 36.7 Å². The summed E-state index contributed by atoms with van der Waals surface area (Å²) in [4.78, 5) is 18.8. The minimum Gasteiger partial charge on any atom is -0.384 e. The number of aromatic amines is 1. The summed E-state index contributed by atoms with van der Waals surface area (Å²) < 4.78 is 0. The van der Waals surface area contributed by atoms with Gasteiger partial charge in [0.1, 0.15) is 5.84 Å². The zero-order chi connectivity index (χ0) is 25.1. The van der Waals surface area contributed by atoms with Crippen LogP contribution in [0.4, 0.5) is 0 Å². The molecule has 6 nitrogen and oxygen atoms in total. The van der Waals surface area contributed by atoms with E-state index in [9.17, 15) is 10.1 Å². The van der Waals surface area contributed by atoms with Gasteiger partial charge in [-0.05, 0) is 68.5 Å². The second kappa shape index (κ2) is 10.5. The fraction of sp³-hybridized carbons (Fsp3) is 0.414. The van der Waals surface area contributed by atoms with Gasteiger partial charge in [-0.2, -0.15) is 5.26 Å². The number of hydrogen-bond donors (Lipinski definition) is 3. The minimum atomic E-state index is -0.218. The molecule has 4 rings (SSSR count). The quantitative estimate of drug-likeness (QED) is 0.298. The molecular formula is C29H35N5O. The van der Waals surface area contributed by atoms with Crippen molar-refractivity contribution in [1.29, 1.82) is 10.7 Å². The molecule has 6 heteroatoms. The van der Waals surface area contributed by atoms with Crippen LogP contribution >= 0.6 is 0 Å². The largest absolute Gasteiger partial charge is 0.384 e. The molecule has 1 saturated heterocycles. The first-order valence-electron chi connectivity index (χ1n) is 12.7. The number of fused-ring (bicyclic) bond motifs is 1. The van der Waals surface area contributed by atoms with E-state index in [1.165, 1.54) is 19.3 Å². The standard InChI is InChI=1S/C29H35N5O/c1-4-5-12-27(34-18(2)8-6-9-19(34)3)25-13-20(17-30)14-26-24(25)16-23(29(35)33-26)21-10-7-11-22(15-21)28(31)32/h7,10-11,13-16,18-19,27H,4-6,8-9,12H2,1-3H3,(H3,31,32)(H,33,35). The highest BCUT2D eigenvalue weighted by Crippen LogP contribution is 2.39. The predicted octanol–water partition coefficient (Wildman–Crippen LogP) is 5.85. The lowest BCUT2D eigenvalue weighted by atomic mass is 9.87. The molecule has 0 bridgehead atoms. The molecule has 182 valence electrons. The van der Waals surface area contributed by atoms with Crippen LogP contribution < -0.4 is 11.3 Å². The number of aromatic nitrogens is 1. The molecular weight excluding hydrogens is 434 g/mol. The van der Waals surface area contributed by atoms with E-state index < -0.39 is 0 Å². The maximum absolute atomic E-state index is 13.1. The smallest absolute Gasteiger partial charge is 0.256 e. The van der Waals surface area contributed by atoms with Crippen molar-refractivity contribution in [3.05, 3.63) is 69.5 Å².